The van der Waals surface area contributed by atoms with Gasteiger partial charge in [-0.2, -0.15) is 0 Å². The summed E-state index contributed by atoms with van der Waals surface area (Å²) in [6.45, 7) is 0.235. The molecule has 0 saturated carbocycles. The van der Waals surface area contributed by atoms with E-state index < -0.39 is 24.3 Å². The van der Waals surface area contributed by atoms with Crippen molar-refractivity contribution in [2.24, 2.45) is 0 Å². The molecule has 1 saturated heterocycles. The number of carbonyl (C=O) groups is 2. The fourth-order valence-corrected chi connectivity index (χ4v) is 7.34. The normalized spacial score (nSPS) is 17.4. The van der Waals surface area contributed by atoms with Crippen molar-refractivity contribution < 1.29 is 33.6 Å². The number of rotatable bonds is 14. The van der Waals surface area contributed by atoms with Crippen LogP contribution in [-0.4, -0.2) is 49.2 Å². The van der Waals surface area contributed by atoms with Gasteiger partial charge in [0.25, 0.3) is 0 Å². The molecule has 53 heavy (non-hydrogen) atoms. The SMILES string of the molecule is COC(=O)[C@H](Cc1ccccc1)NC(=O)NCc1ccccc1-c1ccc([C@H]2O[C@@H](CSc3ccccc3OC)C[C@@H](c3ccc(CO)cc3)O2)cc1. The quantitative estimate of drug-likeness (QED) is 0.0784. The van der Waals surface area contributed by atoms with Gasteiger partial charge in [-0.25, -0.2) is 9.59 Å². The fourth-order valence-electron chi connectivity index (χ4n) is 6.29. The third-order valence-corrected chi connectivity index (χ3v) is 10.3. The van der Waals surface area contributed by atoms with E-state index in [-0.39, 0.29) is 25.4 Å². The molecule has 0 unspecified atom stereocenters. The van der Waals surface area contributed by atoms with Crippen molar-refractivity contribution >= 4 is 23.8 Å². The number of urea groups is 1. The summed E-state index contributed by atoms with van der Waals surface area (Å²) in [5, 5.41) is 15.2. The third-order valence-electron chi connectivity index (χ3n) is 9.13. The lowest BCUT2D eigenvalue weighted by molar-refractivity contribution is -0.245. The molecule has 0 aliphatic carbocycles. The molecule has 10 heteroatoms. The average molecular weight is 733 g/mol. The van der Waals surface area contributed by atoms with Crippen LogP contribution in [0.4, 0.5) is 4.79 Å². The highest BCUT2D eigenvalue weighted by atomic mass is 32.2. The molecule has 5 aromatic carbocycles. The number of methoxy groups -OCH3 is 2. The zero-order valence-corrected chi connectivity index (χ0v) is 30.6. The summed E-state index contributed by atoms with van der Waals surface area (Å²) in [5.74, 6) is 1.03. The predicted molar refractivity (Wildman–Crippen MR) is 205 cm³/mol. The molecule has 1 aliphatic rings. The lowest BCUT2D eigenvalue weighted by atomic mass is 9.98. The molecule has 5 aromatic rings. The number of carbonyl (C=O) groups excluding carboxylic acids is 2. The second kappa shape index (κ2) is 18.6. The smallest absolute Gasteiger partial charge is 0.328 e. The van der Waals surface area contributed by atoms with Gasteiger partial charge in [0, 0.05) is 35.6 Å². The molecule has 0 bridgehead atoms. The monoisotopic (exact) mass is 732 g/mol. The number of esters is 1. The Bertz CT molecular complexity index is 1940. The van der Waals surface area contributed by atoms with Crippen LogP contribution in [0.2, 0.25) is 0 Å². The summed E-state index contributed by atoms with van der Waals surface area (Å²) in [4.78, 5) is 26.5. The number of hydrogen-bond acceptors (Lipinski definition) is 8. The molecular formula is C43H44N2O7S. The van der Waals surface area contributed by atoms with Crippen molar-refractivity contribution in [1.82, 2.24) is 10.6 Å². The molecule has 0 aromatic heterocycles. The van der Waals surface area contributed by atoms with Gasteiger partial charge in [0.05, 0.1) is 33.0 Å². The molecule has 1 fully saturated rings. The second-order valence-electron chi connectivity index (χ2n) is 12.7. The number of amides is 2. The van der Waals surface area contributed by atoms with Crippen molar-refractivity contribution in [2.45, 2.75) is 55.4 Å². The minimum Gasteiger partial charge on any atom is -0.496 e. The van der Waals surface area contributed by atoms with Crippen LogP contribution in [0.3, 0.4) is 0 Å². The van der Waals surface area contributed by atoms with Crippen molar-refractivity contribution in [3.05, 3.63) is 155 Å². The van der Waals surface area contributed by atoms with E-state index in [4.69, 9.17) is 18.9 Å². The van der Waals surface area contributed by atoms with E-state index in [9.17, 15) is 14.7 Å². The van der Waals surface area contributed by atoms with E-state index in [0.717, 1.165) is 49.6 Å². The van der Waals surface area contributed by atoms with Crippen LogP contribution >= 0.6 is 11.8 Å². The van der Waals surface area contributed by atoms with E-state index >= 15 is 0 Å². The summed E-state index contributed by atoms with van der Waals surface area (Å²) in [7, 11) is 2.99. The number of aliphatic hydroxyl groups is 1. The number of thioether (sulfide) groups is 1. The maximum atomic E-state index is 13.0. The molecule has 0 spiro atoms. The molecule has 0 radical (unpaired) electrons. The summed E-state index contributed by atoms with van der Waals surface area (Å²) < 4.78 is 23.7. The number of hydrogen-bond donors (Lipinski definition) is 3. The fraction of sp³-hybridized carbons (Fsp3) is 0.256. The Hall–Kier alpha value is -5.13. The van der Waals surface area contributed by atoms with E-state index in [1.807, 2.05) is 121 Å². The van der Waals surface area contributed by atoms with Crippen LogP contribution in [0.1, 0.15) is 46.6 Å². The van der Waals surface area contributed by atoms with E-state index in [1.54, 1.807) is 18.9 Å². The lowest BCUT2D eigenvalue weighted by Gasteiger charge is -2.36. The maximum absolute atomic E-state index is 13.0. The van der Waals surface area contributed by atoms with Gasteiger partial charge >= 0.3 is 12.0 Å². The summed E-state index contributed by atoms with van der Waals surface area (Å²) >= 11 is 1.70. The van der Waals surface area contributed by atoms with Crippen molar-refractivity contribution in [3.8, 4) is 16.9 Å². The first kappa shape index (κ1) is 37.6. The van der Waals surface area contributed by atoms with Crippen molar-refractivity contribution in [2.75, 3.05) is 20.0 Å². The zero-order valence-electron chi connectivity index (χ0n) is 29.8. The Morgan fingerprint density at radius 1 is 0.811 bits per heavy atom. The standard InChI is InChI=1S/C43H44N2O7S/c1-49-38-14-8-9-15-40(38)53-28-35-25-39(32-18-16-30(27-46)17-19-32)52-42(51-35)33-22-20-31(21-23-33)36-13-7-6-12-34(36)26-44-43(48)45-37(41(47)50-2)24-29-10-4-3-5-11-29/h3-23,35,37,39,42,46H,24-28H2,1-2H3,(H2,44,45,48)/t35-,37+,39+,42+/m1/s1. The minimum atomic E-state index is -0.826. The molecule has 274 valence electrons. The van der Waals surface area contributed by atoms with Gasteiger partial charge in [0.1, 0.15) is 11.8 Å². The largest absolute Gasteiger partial charge is 0.496 e. The van der Waals surface area contributed by atoms with Gasteiger partial charge in [-0.3, -0.25) is 0 Å². The van der Waals surface area contributed by atoms with Crippen molar-refractivity contribution in [3.63, 3.8) is 0 Å². The summed E-state index contributed by atoms with van der Waals surface area (Å²) in [5.41, 5.74) is 6.53. The first-order valence-electron chi connectivity index (χ1n) is 17.5. The molecule has 3 N–H and O–H groups in total. The molecule has 1 aliphatic heterocycles. The van der Waals surface area contributed by atoms with Gasteiger partial charge in [-0.05, 0) is 45.5 Å². The minimum absolute atomic E-state index is 0.0148. The molecule has 6 rings (SSSR count). The molecule has 1 heterocycles. The highest BCUT2D eigenvalue weighted by Crippen LogP contribution is 2.41. The predicted octanol–water partition coefficient (Wildman–Crippen LogP) is 7.78. The van der Waals surface area contributed by atoms with Gasteiger partial charge in [0.2, 0.25) is 0 Å². The van der Waals surface area contributed by atoms with Gasteiger partial charge < -0.3 is 34.7 Å². The van der Waals surface area contributed by atoms with Crippen LogP contribution in [0.5, 0.6) is 5.75 Å². The number of benzene rings is 5. The number of para-hydroxylation sites is 1. The highest BCUT2D eigenvalue weighted by molar-refractivity contribution is 7.99. The topological polar surface area (TPSA) is 115 Å². The van der Waals surface area contributed by atoms with E-state index in [1.165, 1.54) is 7.11 Å². The Kier molecular flexibility index (Phi) is 13.2. The molecule has 9 nitrogen and oxygen atoms in total. The van der Waals surface area contributed by atoms with Crippen molar-refractivity contribution in [1.29, 1.82) is 0 Å². The zero-order chi connectivity index (χ0) is 37.0. The highest BCUT2D eigenvalue weighted by Gasteiger charge is 2.32. The van der Waals surface area contributed by atoms with E-state index in [0.29, 0.717) is 18.6 Å². The van der Waals surface area contributed by atoms with Crippen LogP contribution in [-0.2, 0) is 38.6 Å². The molecule has 2 amide bonds. The summed E-state index contributed by atoms with van der Waals surface area (Å²) in [6, 6.07) is 40.0. The Balaban J connectivity index is 1.14. The first-order valence-corrected chi connectivity index (χ1v) is 18.5. The number of ether oxygens (including phenoxy) is 4. The van der Waals surface area contributed by atoms with Crippen LogP contribution < -0.4 is 15.4 Å². The van der Waals surface area contributed by atoms with Gasteiger partial charge in [-0.15, -0.1) is 11.8 Å². The van der Waals surface area contributed by atoms with Crippen LogP contribution in [0.15, 0.2) is 132 Å². The molecule has 4 atom stereocenters. The maximum Gasteiger partial charge on any atom is 0.328 e. The summed E-state index contributed by atoms with van der Waals surface area (Å²) in [6.07, 6.45) is 0.0959. The van der Waals surface area contributed by atoms with Crippen LogP contribution in [0.25, 0.3) is 11.1 Å². The lowest BCUT2D eigenvalue weighted by Crippen LogP contribution is -2.47. The Labute approximate surface area is 314 Å². The van der Waals surface area contributed by atoms with Gasteiger partial charge in [0.15, 0.2) is 6.29 Å². The van der Waals surface area contributed by atoms with Gasteiger partial charge in [-0.1, -0.05) is 115 Å². The second-order valence-corrected chi connectivity index (χ2v) is 13.7. The van der Waals surface area contributed by atoms with E-state index in [2.05, 4.69) is 16.7 Å². The number of nitrogens with one attached hydrogen (secondary N) is 2. The Morgan fingerprint density at radius 3 is 2.25 bits per heavy atom. The Morgan fingerprint density at radius 2 is 1.51 bits per heavy atom. The third kappa shape index (κ3) is 10.1. The average Bonchev–Trinajstić information content (AvgIpc) is 3.22. The number of aliphatic hydroxyl groups excluding tert-OH is 1. The molecular weight excluding hydrogens is 689 g/mol. The first-order chi connectivity index (χ1) is 25.9. The van der Waals surface area contributed by atoms with Crippen LogP contribution in [0, 0.1) is 0 Å².